The van der Waals surface area contributed by atoms with Crippen LogP contribution in [0, 0.1) is 0 Å². The van der Waals surface area contributed by atoms with Crippen LogP contribution in [0.5, 0.6) is 0 Å². The quantitative estimate of drug-likeness (QED) is 0.640. The van der Waals surface area contributed by atoms with E-state index in [0.29, 0.717) is 16.5 Å². The molecule has 2 aromatic carbocycles. The summed E-state index contributed by atoms with van der Waals surface area (Å²) in [6, 6.07) is 12.6. The first-order valence-electron chi connectivity index (χ1n) is 5.43. The Morgan fingerprint density at radius 2 is 1.50 bits per heavy atom. The van der Waals surface area contributed by atoms with Gasteiger partial charge in [-0.25, -0.2) is 4.63 Å². The van der Waals surface area contributed by atoms with E-state index in [1.807, 2.05) is 30.3 Å². The lowest BCUT2D eigenvalue weighted by atomic mass is 9.80. The third-order valence-corrected chi connectivity index (χ3v) is 2.80. The molecule has 3 aromatic rings. The van der Waals surface area contributed by atoms with Crippen molar-refractivity contribution in [1.82, 2.24) is 10.3 Å². The molecule has 1 aromatic heterocycles. The van der Waals surface area contributed by atoms with E-state index in [1.54, 1.807) is 12.1 Å². The molecule has 0 aliphatic carbocycles. The van der Waals surface area contributed by atoms with Crippen LogP contribution in [0.3, 0.4) is 0 Å². The Balaban J connectivity index is 2.02. The number of aromatic nitrogens is 2. The molecular weight excluding hydrogens is 231 g/mol. The van der Waals surface area contributed by atoms with Gasteiger partial charge in [0, 0.05) is 0 Å². The summed E-state index contributed by atoms with van der Waals surface area (Å²) in [7, 11) is -1.44. The van der Waals surface area contributed by atoms with Gasteiger partial charge in [0.15, 0.2) is 0 Å². The van der Waals surface area contributed by atoms with Crippen molar-refractivity contribution in [1.29, 1.82) is 0 Å². The van der Waals surface area contributed by atoms with E-state index in [9.17, 15) is 0 Å². The average Bonchev–Trinajstić information content (AvgIpc) is 2.86. The van der Waals surface area contributed by atoms with Crippen molar-refractivity contribution in [3.05, 3.63) is 42.5 Å². The smallest absolute Gasteiger partial charge is 0.423 e. The van der Waals surface area contributed by atoms with Crippen LogP contribution in [-0.2, 0) is 0 Å². The highest BCUT2D eigenvalue weighted by Gasteiger charge is 2.10. The number of hydrogen-bond donors (Lipinski definition) is 2. The zero-order chi connectivity index (χ0) is 12.5. The first kappa shape index (κ1) is 10.9. The second-order valence-corrected chi connectivity index (χ2v) is 3.96. The molecular formula is C12H9BN2O3. The van der Waals surface area contributed by atoms with Crippen molar-refractivity contribution >= 4 is 23.6 Å². The highest BCUT2D eigenvalue weighted by molar-refractivity contribution is 6.58. The summed E-state index contributed by atoms with van der Waals surface area (Å²) in [5.41, 5.74) is 3.80. The number of hydrogen-bond acceptors (Lipinski definition) is 5. The monoisotopic (exact) mass is 240 g/mol. The molecule has 3 rings (SSSR count). The van der Waals surface area contributed by atoms with Crippen molar-refractivity contribution in [2.45, 2.75) is 0 Å². The van der Waals surface area contributed by atoms with E-state index < -0.39 is 7.12 Å². The van der Waals surface area contributed by atoms with Gasteiger partial charge < -0.3 is 10.0 Å². The van der Waals surface area contributed by atoms with Crippen LogP contribution >= 0.6 is 0 Å². The van der Waals surface area contributed by atoms with E-state index in [2.05, 4.69) is 14.9 Å². The number of nitrogens with zero attached hydrogens (tertiary/aromatic N) is 2. The van der Waals surface area contributed by atoms with Gasteiger partial charge in [0.05, 0.1) is 0 Å². The van der Waals surface area contributed by atoms with Gasteiger partial charge in [-0.05, 0) is 39.0 Å². The van der Waals surface area contributed by atoms with Crippen molar-refractivity contribution in [2.75, 3.05) is 0 Å². The number of benzene rings is 2. The van der Waals surface area contributed by atoms with Gasteiger partial charge in [0.25, 0.3) is 0 Å². The maximum Gasteiger partial charge on any atom is 0.488 e. The molecule has 0 amide bonds. The molecule has 0 saturated carbocycles. The Hall–Kier alpha value is -2.18. The minimum absolute atomic E-state index is 0.461. The highest BCUT2D eigenvalue weighted by Crippen LogP contribution is 2.21. The van der Waals surface area contributed by atoms with Crippen molar-refractivity contribution in [3.63, 3.8) is 0 Å². The Kier molecular flexibility index (Phi) is 2.58. The molecule has 0 fully saturated rings. The molecule has 5 nitrogen and oxygen atoms in total. The van der Waals surface area contributed by atoms with Crippen LogP contribution in [-0.4, -0.2) is 27.5 Å². The van der Waals surface area contributed by atoms with Gasteiger partial charge in [-0.15, -0.1) is 0 Å². The molecule has 0 aliphatic rings. The van der Waals surface area contributed by atoms with Gasteiger partial charge >= 0.3 is 7.12 Å². The predicted molar refractivity (Wildman–Crippen MR) is 67.1 cm³/mol. The molecule has 2 N–H and O–H groups in total. The zero-order valence-electron chi connectivity index (χ0n) is 9.32. The molecule has 1 heterocycles. The third kappa shape index (κ3) is 1.87. The Bertz CT molecular complexity index is 679. The molecule has 0 aliphatic heterocycles. The van der Waals surface area contributed by atoms with E-state index in [-0.39, 0.29) is 0 Å². The maximum absolute atomic E-state index is 9.02. The van der Waals surface area contributed by atoms with Gasteiger partial charge in [-0.2, -0.15) is 0 Å². The van der Waals surface area contributed by atoms with Gasteiger partial charge in [-0.3, -0.25) is 0 Å². The van der Waals surface area contributed by atoms with Crippen LogP contribution < -0.4 is 5.46 Å². The van der Waals surface area contributed by atoms with Crippen LogP contribution in [0.4, 0.5) is 0 Å². The summed E-state index contributed by atoms with van der Waals surface area (Å²) in [5.74, 6) is 0. The van der Waals surface area contributed by atoms with E-state index in [1.165, 1.54) is 0 Å². The molecule has 0 atom stereocenters. The normalized spacial score (nSPS) is 10.8. The lowest BCUT2D eigenvalue weighted by molar-refractivity contribution is 0.315. The second-order valence-electron chi connectivity index (χ2n) is 3.96. The number of rotatable bonds is 2. The van der Waals surface area contributed by atoms with E-state index in [0.717, 1.165) is 11.1 Å². The van der Waals surface area contributed by atoms with Crippen LogP contribution in [0.2, 0.25) is 0 Å². The van der Waals surface area contributed by atoms with Crippen molar-refractivity contribution in [3.8, 4) is 11.1 Å². The van der Waals surface area contributed by atoms with Crippen LogP contribution in [0.15, 0.2) is 47.1 Å². The van der Waals surface area contributed by atoms with Gasteiger partial charge in [0.1, 0.15) is 11.0 Å². The SMILES string of the molecule is OB(O)c1ccc(-c2ccc3nonc3c2)cc1. The van der Waals surface area contributed by atoms with Crippen molar-refractivity contribution in [2.24, 2.45) is 0 Å². The Labute approximate surface area is 103 Å². The minimum atomic E-state index is -1.44. The summed E-state index contributed by atoms with van der Waals surface area (Å²) in [5, 5.41) is 25.6. The largest absolute Gasteiger partial charge is 0.488 e. The number of fused-ring (bicyclic) bond motifs is 1. The van der Waals surface area contributed by atoms with Crippen molar-refractivity contribution < 1.29 is 14.7 Å². The predicted octanol–water partition coefficient (Wildman–Crippen LogP) is 0.570. The average molecular weight is 240 g/mol. The molecule has 88 valence electrons. The first-order chi connectivity index (χ1) is 8.74. The molecule has 0 unspecified atom stereocenters. The highest BCUT2D eigenvalue weighted by atomic mass is 16.6. The molecule has 18 heavy (non-hydrogen) atoms. The fraction of sp³-hybridized carbons (Fsp3) is 0. The molecule has 0 saturated heterocycles. The van der Waals surface area contributed by atoms with E-state index >= 15 is 0 Å². The zero-order valence-corrected chi connectivity index (χ0v) is 9.32. The third-order valence-electron chi connectivity index (χ3n) is 2.80. The van der Waals surface area contributed by atoms with Crippen LogP contribution in [0.1, 0.15) is 0 Å². The first-order valence-corrected chi connectivity index (χ1v) is 5.43. The summed E-state index contributed by atoms with van der Waals surface area (Å²) < 4.78 is 4.64. The lowest BCUT2D eigenvalue weighted by Gasteiger charge is -2.03. The second kappa shape index (κ2) is 4.25. The Morgan fingerprint density at radius 3 is 2.22 bits per heavy atom. The molecule has 0 radical (unpaired) electrons. The molecule has 0 bridgehead atoms. The fourth-order valence-corrected chi connectivity index (χ4v) is 1.81. The van der Waals surface area contributed by atoms with Gasteiger partial charge in [0.2, 0.25) is 0 Å². The fourth-order valence-electron chi connectivity index (χ4n) is 1.81. The maximum atomic E-state index is 9.02. The standard InChI is InChI=1S/C12H9BN2O3/c16-13(17)10-4-1-8(2-5-10)9-3-6-11-12(7-9)15-18-14-11/h1-7,16-17H. The van der Waals surface area contributed by atoms with Crippen LogP contribution in [0.25, 0.3) is 22.2 Å². The topological polar surface area (TPSA) is 79.4 Å². The molecule has 0 spiro atoms. The van der Waals surface area contributed by atoms with Gasteiger partial charge in [-0.1, -0.05) is 30.3 Å². The summed E-state index contributed by atoms with van der Waals surface area (Å²) in [6.07, 6.45) is 0. The summed E-state index contributed by atoms with van der Waals surface area (Å²) in [6.45, 7) is 0. The Morgan fingerprint density at radius 1 is 0.833 bits per heavy atom. The summed E-state index contributed by atoms with van der Waals surface area (Å²) in [4.78, 5) is 0. The van der Waals surface area contributed by atoms with E-state index in [4.69, 9.17) is 10.0 Å². The minimum Gasteiger partial charge on any atom is -0.423 e. The molecule has 6 heteroatoms. The lowest BCUT2D eigenvalue weighted by Crippen LogP contribution is -2.29. The summed E-state index contributed by atoms with van der Waals surface area (Å²) >= 11 is 0.